The molecule has 0 amide bonds. The fourth-order valence-corrected chi connectivity index (χ4v) is 3.84. The molecule has 0 spiro atoms. The van der Waals surface area contributed by atoms with Gasteiger partial charge in [-0.2, -0.15) is 0 Å². The van der Waals surface area contributed by atoms with Crippen molar-refractivity contribution in [1.82, 2.24) is 10.2 Å². The molecule has 1 aliphatic carbocycles. The highest BCUT2D eigenvalue weighted by Crippen LogP contribution is 2.32. The van der Waals surface area contributed by atoms with Crippen molar-refractivity contribution in [2.75, 3.05) is 46.9 Å². The summed E-state index contributed by atoms with van der Waals surface area (Å²) in [6, 6.07) is 0. The molecule has 1 aliphatic heterocycles. The lowest BCUT2D eigenvalue weighted by molar-refractivity contribution is -0.00142. The van der Waals surface area contributed by atoms with E-state index in [1.54, 1.807) is 0 Å². The molecule has 1 saturated heterocycles. The predicted octanol–water partition coefficient (Wildman–Crippen LogP) is 2.12. The molecule has 1 saturated carbocycles. The summed E-state index contributed by atoms with van der Waals surface area (Å²) in [6.45, 7) is 5.54. The maximum Gasteiger partial charge on any atom is 0.0472 e. The third-order valence-corrected chi connectivity index (χ3v) is 4.76. The van der Waals surface area contributed by atoms with Crippen LogP contribution in [-0.4, -0.2) is 51.8 Å². The Hall–Kier alpha value is -0.120. The molecule has 18 heavy (non-hydrogen) atoms. The summed E-state index contributed by atoms with van der Waals surface area (Å²) >= 11 is 0. The van der Waals surface area contributed by atoms with Gasteiger partial charge in [0.2, 0.25) is 0 Å². The van der Waals surface area contributed by atoms with Crippen molar-refractivity contribution in [2.24, 2.45) is 11.3 Å². The maximum atomic E-state index is 5.54. The molecule has 1 heterocycles. The zero-order valence-electron chi connectivity index (χ0n) is 12.2. The van der Waals surface area contributed by atoms with Gasteiger partial charge in [0, 0.05) is 32.8 Å². The van der Waals surface area contributed by atoms with Crippen LogP contribution in [0.15, 0.2) is 0 Å². The van der Waals surface area contributed by atoms with E-state index in [-0.39, 0.29) is 0 Å². The van der Waals surface area contributed by atoms with E-state index in [9.17, 15) is 0 Å². The fraction of sp³-hybridized carbons (Fsp3) is 1.00. The van der Waals surface area contributed by atoms with Crippen LogP contribution in [0.4, 0.5) is 0 Å². The average Bonchev–Trinajstić information content (AvgIpc) is 2.83. The van der Waals surface area contributed by atoms with E-state index in [0.717, 1.165) is 25.7 Å². The van der Waals surface area contributed by atoms with E-state index >= 15 is 0 Å². The van der Waals surface area contributed by atoms with E-state index in [1.807, 2.05) is 0 Å². The van der Waals surface area contributed by atoms with E-state index in [1.165, 1.54) is 51.6 Å². The quantitative estimate of drug-likeness (QED) is 0.786. The largest absolute Gasteiger partial charge is 0.381 e. The molecule has 3 heteroatoms. The molecule has 2 fully saturated rings. The number of nitrogens with zero attached hydrogens (tertiary/aromatic N) is 1. The van der Waals surface area contributed by atoms with Crippen LogP contribution in [0.3, 0.4) is 0 Å². The van der Waals surface area contributed by atoms with Crippen LogP contribution in [0.5, 0.6) is 0 Å². The normalized spacial score (nSPS) is 24.8. The first-order valence-corrected chi connectivity index (χ1v) is 7.65. The van der Waals surface area contributed by atoms with Crippen molar-refractivity contribution in [3.05, 3.63) is 0 Å². The lowest BCUT2D eigenvalue weighted by Crippen LogP contribution is -2.46. The second kappa shape index (κ2) is 6.88. The Morgan fingerprint density at radius 3 is 2.50 bits per heavy atom. The summed E-state index contributed by atoms with van der Waals surface area (Å²) in [6.07, 6.45) is 8.23. The van der Waals surface area contributed by atoms with Gasteiger partial charge in [0.15, 0.2) is 0 Å². The molecule has 2 rings (SSSR count). The molecule has 0 aromatic carbocycles. The Labute approximate surface area is 112 Å². The Balaban J connectivity index is 1.82. The van der Waals surface area contributed by atoms with Gasteiger partial charge in [-0.15, -0.1) is 0 Å². The molecule has 0 radical (unpaired) electrons. The fourth-order valence-electron chi connectivity index (χ4n) is 3.84. The first-order valence-electron chi connectivity index (χ1n) is 7.65. The summed E-state index contributed by atoms with van der Waals surface area (Å²) in [5, 5.41) is 3.40. The lowest BCUT2D eigenvalue weighted by Gasteiger charge is -2.40. The topological polar surface area (TPSA) is 24.5 Å². The van der Waals surface area contributed by atoms with Crippen LogP contribution in [0, 0.1) is 11.3 Å². The second-order valence-electron chi connectivity index (χ2n) is 6.49. The molecular weight excluding hydrogens is 224 g/mol. The Kier molecular flexibility index (Phi) is 5.46. The highest BCUT2D eigenvalue weighted by molar-refractivity contribution is 4.87. The van der Waals surface area contributed by atoms with Gasteiger partial charge >= 0.3 is 0 Å². The van der Waals surface area contributed by atoms with Crippen LogP contribution in [0.2, 0.25) is 0 Å². The molecule has 0 unspecified atom stereocenters. The third kappa shape index (κ3) is 3.94. The molecule has 0 atom stereocenters. The van der Waals surface area contributed by atoms with Crippen molar-refractivity contribution in [2.45, 2.75) is 38.5 Å². The second-order valence-corrected chi connectivity index (χ2v) is 6.49. The van der Waals surface area contributed by atoms with Crippen molar-refractivity contribution in [3.63, 3.8) is 0 Å². The van der Waals surface area contributed by atoms with E-state index in [0.29, 0.717) is 5.41 Å². The number of ether oxygens (including phenoxy) is 1. The minimum atomic E-state index is 0.445. The van der Waals surface area contributed by atoms with Gasteiger partial charge in [-0.3, -0.25) is 0 Å². The number of hydrogen-bond acceptors (Lipinski definition) is 3. The number of nitrogens with one attached hydrogen (secondary N) is 1. The van der Waals surface area contributed by atoms with Gasteiger partial charge in [0.25, 0.3) is 0 Å². The molecule has 2 aliphatic rings. The minimum Gasteiger partial charge on any atom is -0.381 e. The SMILES string of the molecule is CNCC1(CN(C)CC2CCCC2)CCOCC1. The van der Waals surface area contributed by atoms with E-state index in [4.69, 9.17) is 4.74 Å². The molecule has 0 bridgehead atoms. The Morgan fingerprint density at radius 1 is 1.22 bits per heavy atom. The molecule has 1 N–H and O–H groups in total. The van der Waals surface area contributed by atoms with Gasteiger partial charge in [-0.1, -0.05) is 12.8 Å². The lowest BCUT2D eigenvalue weighted by atomic mass is 9.79. The maximum absolute atomic E-state index is 5.54. The number of rotatable bonds is 6. The van der Waals surface area contributed by atoms with Crippen LogP contribution in [0.1, 0.15) is 38.5 Å². The standard InChI is InChI=1S/C15H30N2O/c1-16-12-15(7-9-18-10-8-15)13-17(2)11-14-5-3-4-6-14/h14,16H,3-13H2,1-2H3. The summed E-state index contributed by atoms with van der Waals surface area (Å²) in [7, 11) is 4.39. The van der Waals surface area contributed by atoms with E-state index < -0.39 is 0 Å². The Morgan fingerprint density at radius 2 is 1.89 bits per heavy atom. The van der Waals surface area contributed by atoms with Gasteiger partial charge in [0.05, 0.1) is 0 Å². The highest BCUT2D eigenvalue weighted by atomic mass is 16.5. The van der Waals surface area contributed by atoms with Crippen LogP contribution in [0.25, 0.3) is 0 Å². The van der Waals surface area contributed by atoms with E-state index in [2.05, 4.69) is 24.3 Å². The van der Waals surface area contributed by atoms with Gasteiger partial charge in [-0.05, 0) is 51.1 Å². The van der Waals surface area contributed by atoms with Crippen molar-refractivity contribution >= 4 is 0 Å². The van der Waals surface area contributed by atoms with Crippen LogP contribution in [-0.2, 0) is 4.74 Å². The average molecular weight is 254 g/mol. The van der Waals surface area contributed by atoms with Gasteiger partial charge in [0.1, 0.15) is 0 Å². The molecule has 3 nitrogen and oxygen atoms in total. The molecule has 106 valence electrons. The summed E-state index contributed by atoms with van der Waals surface area (Å²) < 4.78 is 5.54. The van der Waals surface area contributed by atoms with Crippen molar-refractivity contribution < 1.29 is 4.74 Å². The zero-order valence-corrected chi connectivity index (χ0v) is 12.2. The summed E-state index contributed by atoms with van der Waals surface area (Å²) in [5.41, 5.74) is 0.445. The Bertz CT molecular complexity index is 227. The smallest absolute Gasteiger partial charge is 0.0472 e. The van der Waals surface area contributed by atoms with Gasteiger partial charge < -0.3 is 15.0 Å². The predicted molar refractivity (Wildman–Crippen MR) is 75.9 cm³/mol. The first-order chi connectivity index (χ1) is 8.74. The van der Waals surface area contributed by atoms with Crippen molar-refractivity contribution in [3.8, 4) is 0 Å². The number of hydrogen-bond donors (Lipinski definition) is 1. The van der Waals surface area contributed by atoms with Crippen LogP contribution < -0.4 is 5.32 Å². The molecule has 0 aromatic heterocycles. The minimum absolute atomic E-state index is 0.445. The highest BCUT2D eigenvalue weighted by Gasteiger charge is 2.33. The molecule has 0 aromatic rings. The van der Waals surface area contributed by atoms with Crippen LogP contribution >= 0.6 is 0 Å². The molecular formula is C15H30N2O. The van der Waals surface area contributed by atoms with Crippen molar-refractivity contribution in [1.29, 1.82) is 0 Å². The first kappa shape index (κ1) is 14.3. The zero-order chi connectivity index (χ0) is 12.8. The monoisotopic (exact) mass is 254 g/mol. The van der Waals surface area contributed by atoms with Gasteiger partial charge in [-0.25, -0.2) is 0 Å². The summed E-state index contributed by atoms with van der Waals surface area (Å²) in [4.78, 5) is 2.58. The third-order valence-electron chi connectivity index (χ3n) is 4.76. The summed E-state index contributed by atoms with van der Waals surface area (Å²) in [5.74, 6) is 0.960.